The fourth-order valence-electron chi connectivity index (χ4n) is 5.55. The first-order valence-electron chi connectivity index (χ1n) is 12.0. The molecule has 3 fully saturated rings. The van der Waals surface area contributed by atoms with Crippen LogP contribution in [0, 0.1) is 0 Å². The number of anilines is 1. The predicted molar refractivity (Wildman–Crippen MR) is 130 cm³/mol. The van der Waals surface area contributed by atoms with E-state index in [4.69, 9.17) is 11.6 Å². The van der Waals surface area contributed by atoms with Gasteiger partial charge < -0.3 is 15.5 Å². The lowest BCUT2D eigenvalue weighted by Crippen LogP contribution is -2.52. The number of carbonyl (C=O) groups excluding carboxylic acids is 2. The zero-order valence-corrected chi connectivity index (χ0v) is 19.9. The smallest absolute Gasteiger partial charge is 0.253 e. The quantitative estimate of drug-likeness (QED) is 0.668. The number of benzene rings is 1. The van der Waals surface area contributed by atoms with E-state index >= 15 is 0 Å². The van der Waals surface area contributed by atoms with Crippen LogP contribution in [0.3, 0.4) is 0 Å². The van der Waals surface area contributed by atoms with E-state index in [0.717, 1.165) is 49.9 Å². The lowest BCUT2D eigenvalue weighted by Gasteiger charge is -2.40. The van der Waals surface area contributed by atoms with Gasteiger partial charge in [0.25, 0.3) is 5.91 Å². The van der Waals surface area contributed by atoms with Gasteiger partial charge in [0.2, 0.25) is 5.91 Å². The first-order valence-corrected chi connectivity index (χ1v) is 12.4. The third-order valence-electron chi connectivity index (χ3n) is 7.34. The van der Waals surface area contributed by atoms with Gasteiger partial charge >= 0.3 is 0 Å². The molecule has 2 unspecified atom stereocenters. The van der Waals surface area contributed by atoms with Crippen molar-refractivity contribution in [3.63, 3.8) is 0 Å². The Morgan fingerprint density at radius 2 is 1.73 bits per heavy atom. The average molecular weight is 467 g/mol. The van der Waals surface area contributed by atoms with Crippen LogP contribution in [0.4, 0.5) is 5.82 Å². The molecular weight excluding hydrogens is 436 g/mol. The monoisotopic (exact) mass is 466 g/mol. The number of aromatic nitrogens is 1. The maximum absolute atomic E-state index is 13.2. The molecule has 2 N–H and O–H groups in total. The summed E-state index contributed by atoms with van der Waals surface area (Å²) in [7, 11) is 0. The minimum Gasteiger partial charge on any atom is -0.352 e. The largest absolute Gasteiger partial charge is 0.352 e. The Bertz CT molecular complexity index is 1020. The number of fused-ring (bicyclic) bond motifs is 2. The van der Waals surface area contributed by atoms with Crippen molar-refractivity contribution in [3.05, 3.63) is 58.7 Å². The highest BCUT2D eigenvalue weighted by molar-refractivity contribution is 6.30. The Kier molecular flexibility index (Phi) is 5.81. The van der Waals surface area contributed by atoms with Gasteiger partial charge in [-0.3, -0.25) is 9.59 Å². The molecule has 1 aromatic carbocycles. The van der Waals surface area contributed by atoms with Crippen molar-refractivity contribution >= 4 is 29.2 Å². The van der Waals surface area contributed by atoms with Gasteiger partial charge in [0, 0.05) is 35.4 Å². The van der Waals surface area contributed by atoms with E-state index in [2.05, 4.69) is 20.5 Å². The van der Waals surface area contributed by atoms with Gasteiger partial charge in [0.15, 0.2) is 0 Å². The summed E-state index contributed by atoms with van der Waals surface area (Å²) in [6.45, 7) is 3.89. The molecule has 6 nitrogen and oxygen atoms in total. The van der Waals surface area contributed by atoms with E-state index in [0.29, 0.717) is 22.7 Å². The highest BCUT2D eigenvalue weighted by Crippen LogP contribution is 2.49. The molecule has 0 radical (unpaired) electrons. The molecule has 5 rings (SSSR count). The fourth-order valence-corrected chi connectivity index (χ4v) is 5.68. The predicted octanol–water partition coefficient (Wildman–Crippen LogP) is 4.22. The molecule has 7 heteroatoms. The summed E-state index contributed by atoms with van der Waals surface area (Å²) in [6, 6.07) is 12.5. The molecule has 1 aliphatic carbocycles. The summed E-state index contributed by atoms with van der Waals surface area (Å²) in [4.78, 5) is 32.5. The van der Waals surface area contributed by atoms with E-state index in [1.165, 1.54) is 0 Å². The number of amides is 2. The topological polar surface area (TPSA) is 74.3 Å². The summed E-state index contributed by atoms with van der Waals surface area (Å²) >= 11 is 6.03. The highest BCUT2D eigenvalue weighted by Gasteiger charge is 2.52. The summed E-state index contributed by atoms with van der Waals surface area (Å²) in [5.41, 5.74) is 1.27. The molecule has 174 valence electrons. The molecule has 2 aliphatic heterocycles. The fraction of sp³-hybridized carbons (Fsp3) is 0.500. The summed E-state index contributed by atoms with van der Waals surface area (Å²) in [6.07, 6.45) is 7.53. The maximum Gasteiger partial charge on any atom is 0.253 e. The summed E-state index contributed by atoms with van der Waals surface area (Å²) < 4.78 is 0. The van der Waals surface area contributed by atoms with Crippen LogP contribution in [0.25, 0.3) is 0 Å². The minimum absolute atomic E-state index is 0.0942. The minimum atomic E-state index is -0.380. The van der Waals surface area contributed by atoms with Crippen LogP contribution in [-0.4, -0.2) is 41.0 Å². The van der Waals surface area contributed by atoms with Crippen molar-refractivity contribution in [3.8, 4) is 0 Å². The van der Waals surface area contributed by atoms with Crippen molar-refractivity contribution < 1.29 is 9.59 Å². The van der Waals surface area contributed by atoms with Crippen LogP contribution in [0.1, 0.15) is 68.3 Å². The Morgan fingerprint density at radius 3 is 2.27 bits per heavy atom. The first kappa shape index (κ1) is 22.2. The third-order valence-corrected chi connectivity index (χ3v) is 7.60. The second-order valence-corrected chi connectivity index (χ2v) is 10.5. The van der Waals surface area contributed by atoms with Crippen LogP contribution in [0.5, 0.6) is 0 Å². The third kappa shape index (κ3) is 4.33. The summed E-state index contributed by atoms with van der Waals surface area (Å²) in [5.74, 6) is 0.984. The maximum atomic E-state index is 13.2. The molecule has 1 aromatic heterocycles. The number of halogens is 1. The van der Waals surface area contributed by atoms with Gasteiger partial charge in [-0.05, 0) is 82.2 Å². The van der Waals surface area contributed by atoms with Crippen molar-refractivity contribution in [1.82, 2.24) is 15.6 Å². The standard InChI is InChI=1S/C26H31ClN4O2/c1-16(2)29-24(32)17-3-10-23(28-15-17)31-21-8-9-22(31)14-20(13-21)30-25(33)26(11-12-26)18-4-6-19(27)7-5-18/h3-7,10,15-16,20-22H,8-9,11-14H2,1-2H3,(H,29,32)(H,30,33). The van der Waals surface area contributed by atoms with Gasteiger partial charge in [0.1, 0.15) is 5.82 Å². The molecule has 0 spiro atoms. The Hall–Kier alpha value is -2.60. The van der Waals surface area contributed by atoms with Gasteiger partial charge in [-0.1, -0.05) is 23.7 Å². The molecule has 2 amide bonds. The number of hydrogen-bond donors (Lipinski definition) is 2. The average Bonchev–Trinajstić information content (AvgIpc) is 3.55. The Balaban J connectivity index is 1.23. The number of nitrogens with one attached hydrogen (secondary N) is 2. The van der Waals surface area contributed by atoms with E-state index < -0.39 is 0 Å². The van der Waals surface area contributed by atoms with Crippen LogP contribution in [-0.2, 0) is 10.2 Å². The van der Waals surface area contributed by atoms with E-state index in [-0.39, 0.29) is 29.3 Å². The van der Waals surface area contributed by atoms with Gasteiger partial charge in [0.05, 0.1) is 11.0 Å². The SMILES string of the molecule is CC(C)NC(=O)c1ccc(N2C3CCC2CC(NC(=O)C2(c4ccc(Cl)cc4)CC2)C3)nc1. The van der Waals surface area contributed by atoms with Crippen molar-refractivity contribution in [2.24, 2.45) is 0 Å². The molecule has 2 bridgehead atoms. The lowest BCUT2D eigenvalue weighted by atomic mass is 9.92. The van der Waals surface area contributed by atoms with Crippen LogP contribution in [0.2, 0.25) is 5.02 Å². The molecule has 2 saturated heterocycles. The number of pyridine rings is 1. The number of nitrogens with zero attached hydrogens (tertiary/aromatic N) is 2. The van der Waals surface area contributed by atoms with Crippen LogP contribution < -0.4 is 15.5 Å². The van der Waals surface area contributed by atoms with E-state index in [1.54, 1.807) is 6.20 Å². The van der Waals surface area contributed by atoms with Gasteiger partial charge in [-0.2, -0.15) is 0 Å². The number of rotatable bonds is 6. The number of piperidine rings is 1. The molecular formula is C26H31ClN4O2. The number of carbonyl (C=O) groups is 2. The molecule has 33 heavy (non-hydrogen) atoms. The lowest BCUT2D eigenvalue weighted by molar-refractivity contribution is -0.124. The molecule has 3 heterocycles. The van der Waals surface area contributed by atoms with Gasteiger partial charge in [-0.25, -0.2) is 4.98 Å². The van der Waals surface area contributed by atoms with E-state index in [9.17, 15) is 9.59 Å². The van der Waals surface area contributed by atoms with Gasteiger partial charge in [-0.15, -0.1) is 0 Å². The van der Waals surface area contributed by atoms with Crippen molar-refractivity contribution in [1.29, 1.82) is 0 Å². The zero-order valence-electron chi connectivity index (χ0n) is 19.2. The van der Waals surface area contributed by atoms with Crippen molar-refractivity contribution in [2.75, 3.05) is 4.90 Å². The summed E-state index contributed by atoms with van der Waals surface area (Å²) in [5, 5.41) is 6.98. The molecule has 3 aliphatic rings. The van der Waals surface area contributed by atoms with Crippen molar-refractivity contribution in [2.45, 2.75) is 82.0 Å². The Morgan fingerprint density at radius 1 is 1.06 bits per heavy atom. The second kappa shape index (κ2) is 8.64. The van der Waals surface area contributed by atoms with Crippen LogP contribution >= 0.6 is 11.6 Å². The van der Waals surface area contributed by atoms with Crippen LogP contribution in [0.15, 0.2) is 42.6 Å². The zero-order chi connectivity index (χ0) is 23.2. The molecule has 2 atom stereocenters. The Labute approximate surface area is 200 Å². The molecule has 2 aromatic rings. The number of hydrogen-bond acceptors (Lipinski definition) is 4. The molecule has 1 saturated carbocycles. The second-order valence-electron chi connectivity index (χ2n) is 10.1. The highest BCUT2D eigenvalue weighted by atomic mass is 35.5. The first-order chi connectivity index (χ1) is 15.9. The van der Waals surface area contributed by atoms with E-state index in [1.807, 2.05) is 50.2 Å². The normalized spacial score (nSPS) is 25.1.